The van der Waals surface area contributed by atoms with Crippen LogP contribution in [0.3, 0.4) is 0 Å². The predicted octanol–water partition coefficient (Wildman–Crippen LogP) is 4.93. The second-order valence-corrected chi connectivity index (χ2v) is 8.82. The van der Waals surface area contributed by atoms with Crippen LogP contribution >= 0.6 is 0 Å². The Balaban J connectivity index is 1.25. The third kappa shape index (κ3) is 4.09. The van der Waals surface area contributed by atoms with E-state index in [9.17, 15) is 9.59 Å². The fraction of sp³-hybridized carbons (Fsp3) is 0.385. The molecule has 1 aliphatic carbocycles. The molecular weight excluding hydrogens is 386 g/mol. The van der Waals surface area contributed by atoms with Gasteiger partial charge in [0.05, 0.1) is 0 Å². The molecule has 0 bridgehead atoms. The molecule has 0 spiro atoms. The first kappa shape index (κ1) is 19.9. The smallest absolute Gasteiger partial charge is 0.253 e. The number of H-pyrrole nitrogens is 1. The third-order valence-corrected chi connectivity index (χ3v) is 6.79. The molecule has 2 aliphatic rings. The number of nitrogens with zero attached hydrogens (tertiary/aromatic N) is 1. The van der Waals surface area contributed by atoms with E-state index in [1.807, 2.05) is 41.3 Å². The molecule has 0 atom stereocenters. The van der Waals surface area contributed by atoms with Crippen LogP contribution < -0.4 is 5.32 Å². The minimum absolute atomic E-state index is 0.0489. The lowest BCUT2D eigenvalue weighted by Gasteiger charge is -2.31. The van der Waals surface area contributed by atoms with Crippen molar-refractivity contribution in [2.24, 2.45) is 5.92 Å². The first-order valence-corrected chi connectivity index (χ1v) is 11.5. The van der Waals surface area contributed by atoms with E-state index in [1.54, 1.807) is 0 Å². The van der Waals surface area contributed by atoms with Gasteiger partial charge in [0, 0.05) is 46.9 Å². The number of aromatic amines is 1. The van der Waals surface area contributed by atoms with Crippen molar-refractivity contribution in [3.05, 3.63) is 65.4 Å². The maximum Gasteiger partial charge on any atom is 0.253 e. The Hall–Kier alpha value is -3.08. The lowest BCUT2D eigenvalue weighted by atomic mass is 9.95. The van der Waals surface area contributed by atoms with Gasteiger partial charge < -0.3 is 15.2 Å². The highest BCUT2D eigenvalue weighted by atomic mass is 16.2. The first-order valence-electron chi connectivity index (χ1n) is 11.5. The molecule has 5 heteroatoms. The monoisotopic (exact) mass is 415 g/mol. The minimum Gasteiger partial charge on any atom is -0.358 e. The van der Waals surface area contributed by atoms with Crippen molar-refractivity contribution < 1.29 is 9.59 Å². The Kier molecular flexibility index (Phi) is 5.49. The summed E-state index contributed by atoms with van der Waals surface area (Å²) in [4.78, 5) is 31.2. The molecule has 1 fully saturated rings. The van der Waals surface area contributed by atoms with Gasteiger partial charge in [-0.25, -0.2) is 0 Å². The number of anilines is 1. The van der Waals surface area contributed by atoms with Crippen LogP contribution in [-0.2, 0) is 17.6 Å². The minimum atomic E-state index is -0.0489. The van der Waals surface area contributed by atoms with E-state index in [4.69, 9.17) is 0 Å². The second kappa shape index (κ2) is 8.58. The van der Waals surface area contributed by atoms with Gasteiger partial charge in [0.15, 0.2) is 0 Å². The number of para-hydroxylation sites is 1. The Bertz CT molecular complexity index is 1090. The van der Waals surface area contributed by atoms with Gasteiger partial charge in [-0.2, -0.15) is 0 Å². The predicted molar refractivity (Wildman–Crippen MR) is 123 cm³/mol. The Morgan fingerprint density at radius 1 is 0.935 bits per heavy atom. The van der Waals surface area contributed by atoms with Crippen molar-refractivity contribution in [1.82, 2.24) is 9.88 Å². The van der Waals surface area contributed by atoms with Crippen molar-refractivity contribution in [3.63, 3.8) is 0 Å². The van der Waals surface area contributed by atoms with Crippen molar-refractivity contribution in [2.45, 2.75) is 44.9 Å². The quantitative estimate of drug-likeness (QED) is 0.596. The molecule has 5 nitrogen and oxygen atoms in total. The van der Waals surface area contributed by atoms with Crippen LogP contribution in [0.5, 0.6) is 0 Å². The number of rotatable bonds is 3. The summed E-state index contributed by atoms with van der Waals surface area (Å²) in [5.41, 5.74) is 5.47. The van der Waals surface area contributed by atoms with Crippen LogP contribution in [-0.4, -0.2) is 34.8 Å². The standard InChI is InChI=1S/C26H29N3O2/c30-25(27-20-7-3-1-4-8-20)18-13-15-29(16-14-18)26(31)19-11-12-24-22(17-19)21-9-5-2-6-10-23(21)28-24/h1,3-4,7-8,11-12,17-18,28H,2,5-6,9-10,13-16H2,(H,27,30). The first-order chi connectivity index (χ1) is 15.2. The van der Waals surface area contributed by atoms with Crippen molar-refractivity contribution >= 4 is 28.4 Å². The number of aryl methyl sites for hydroxylation is 2. The van der Waals surface area contributed by atoms with Gasteiger partial charge in [0.2, 0.25) is 5.91 Å². The van der Waals surface area contributed by atoms with Crippen LogP contribution in [0.15, 0.2) is 48.5 Å². The van der Waals surface area contributed by atoms with Crippen LogP contribution in [0.25, 0.3) is 10.9 Å². The molecular formula is C26H29N3O2. The highest BCUT2D eigenvalue weighted by Crippen LogP contribution is 2.30. The Morgan fingerprint density at radius 3 is 2.52 bits per heavy atom. The zero-order valence-electron chi connectivity index (χ0n) is 17.8. The lowest BCUT2D eigenvalue weighted by Crippen LogP contribution is -2.41. The van der Waals surface area contributed by atoms with E-state index in [0.717, 1.165) is 29.6 Å². The van der Waals surface area contributed by atoms with E-state index in [-0.39, 0.29) is 17.7 Å². The number of carbonyl (C=O) groups excluding carboxylic acids is 2. The fourth-order valence-corrected chi connectivity index (χ4v) is 5.01. The molecule has 0 saturated carbocycles. The number of amides is 2. The number of hydrogen-bond donors (Lipinski definition) is 2. The Labute approximate surface area is 182 Å². The summed E-state index contributed by atoms with van der Waals surface area (Å²) in [6, 6.07) is 15.6. The van der Waals surface area contributed by atoms with Gasteiger partial charge in [-0.15, -0.1) is 0 Å². The summed E-state index contributed by atoms with van der Waals surface area (Å²) in [5, 5.41) is 4.20. The summed E-state index contributed by atoms with van der Waals surface area (Å²) < 4.78 is 0. The van der Waals surface area contributed by atoms with Gasteiger partial charge in [0.25, 0.3) is 5.91 Å². The molecule has 3 aromatic rings. The summed E-state index contributed by atoms with van der Waals surface area (Å²) in [7, 11) is 0. The number of benzene rings is 2. The molecule has 2 aromatic carbocycles. The van der Waals surface area contributed by atoms with Crippen molar-refractivity contribution in [1.29, 1.82) is 0 Å². The molecule has 1 aromatic heterocycles. The van der Waals surface area contributed by atoms with E-state index in [1.165, 1.54) is 35.9 Å². The normalized spacial score (nSPS) is 17.2. The van der Waals surface area contributed by atoms with Gasteiger partial charge in [-0.1, -0.05) is 24.6 Å². The fourth-order valence-electron chi connectivity index (χ4n) is 5.01. The SMILES string of the molecule is O=C(Nc1ccccc1)C1CCN(C(=O)c2ccc3[nH]c4c(c3c2)CCCCC4)CC1. The largest absolute Gasteiger partial charge is 0.358 e. The number of fused-ring (bicyclic) bond motifs is 3. The van der Waals surface area contributed by atoms with Crippen molar-refractivity contribution in [2.75, 3.05) is 18.4 Å². The number of nitrogens with one attached hydrogen (secondary N) is 2. The summed E-state index contributed by atoms with van der Waals surface area (Å²) >= 11 is 0. The number of hydrogen-bond acceptors (Lipinski definition) is 2. The molecule has 5 rings (SSSR count). The topological polar surface area (TPSA) is 65.2 Å². The van der Waals surface area contributed by atoms with E-state index < -0.39 is 0 Å². The molecule has 0 radical (unpaired) electrons. The van der Waals surface area contributed by atoms with Crippen LogP contribution in [0, 0.1) is 5.92 Å². The number of aromatic nitrogens is 1. The molecule has 2 heterocycles. The maximum absolute atomic E-state index is 13.2. The third-order valence-electron chi connectivity index (χ3n) is 6.79. The average molecular weight is 416 g/mol. The number of likely N-dealkylation sites (tertiary alicyclic amines) is 1. The van der Waals surface area contributed by atoms with Crippen molar-refractivity contribution in [3.8, 4) is 0 Å². The van der Waals surface area contributed by atoms with Crippen LogP contribution in [0.4, 0.5) is 5.69 Å². The van der Waals surface area contributed by atoms with Crippen LogP contribution in [0.2, 0.25) is 0 Å². The summed E-state index contributed by atoms with van der Waals surface area (Å²) in [6.45, 7) is 1.24. The molecule has 2 N–H and O–H groups in total. The molecule has 0 unspecified atom stereocenters. The van der Waals surface area contributed by atoms with Gasteiger partial charge in [0.1, 0.15) is 0 Å². The summed E-state index contributed by atoms with van der Waals surface area (Å²) in [5.74, 6) is 0.0781. The maximum atomic E-state index is 13.2. The van der Waals surface area contributed by atoms with Gasteiger partial charge in [-0.05, 0) is 74.4 Å². The lowest BCUT2D eigenvalue weighted by molar-refractivity contribution is -0.121. The summed E-state index contributed by atoms with van der Waals surface area (Å²) in [6.07, 6.45) is 7.32. The molecule has 31 heavy (non-hydrogen) atoms. The van der Waals surface area contributed by atoms with E-state index >= 15 is 0 Å². The highest BCUT2D eigenvalue weighted by molar-refractivity contribution is 5.99. The second-order valence-electron chi connectivity index (χ2n) is 8.82. The average Bonchev–Trinajstić information content (AvgIpc) is 2.98. The molecule has 1 aliphatic heterocycles. The molecule has 160 valence electrons. The number of carbonyl (C=O) groups is 2. The van der Waals surface area contributed by atoms with Gasteiger partial charge in [-0.3, -0.25) is 9.59 Å². The van der Waals surface area contributed by atoms with Gasteiger partial charge >= 0.3 is 0 Å². The molecule has 2 amide bonds. The van der Waals surface area contributed by atoms with Crippen LogP contribution in [0.1, 0.15) is 53.7 Å². The zero-order valence-corrected chi connectivity index (χ0v) is 17.8. The zero-order chi connectivity index (χ0) is 21.2. The molecule has 1 saturated heterocycles. The van der Waals surface area contributed by atoms with E-state index in [0.29, 0.717) is 25.9 Å². The highest BCUT2D eigenvalue weighted by Gasteiger charge is 2.28. The number of piperidine rings is 1. The Morgan fingerprint density at radius 2 is 1.71 bits per heavy atom. The van der Waals surface area contributed by atoms with E-state index in [2.05, 4.69) is 22.4 Å².